The fraction of sp³-hybridized carbons (Fsp3) is 1.00. The molecule has 0 aromatic rings. The van der Waals surface area contributed by atoms with E-state index in [0.29, 0.717) is 0 Å². The molecule has 2 heterocycles. The molecule has 0 saturated carbocycles. The lowest BCUT2D eigenvalue weighted by molar-refractivity contribution is 0.0893. The molecule has 0 aliphatic carbocycles. The molecule has 58 valence electrons. The van der Waals surface area contributed by atoms with E-state index in [1.807, 2.05) is 5.01 Å². The average molecular weight is 141 g/mol. The molecule has 2 saturated heterocycles. The summed E-state index contributed by atoms with van der Waals surface area (Å²) in [5, 5.41) is 1.96. The summed E-state index contributed by atoms with van der Waals surface area (Å²) in [5.41, 5.74) is 0. The molecular formula is C7H15N3. The number of rotatable bonds is 0. The van der Waals surface area contributed by atoms with Gasteiger partial charge in [0.05, 0.1) is 0 Å². The summed E-state index contributed by atoms with van der Waals surface area (Å²) >= 11 is 0. The first-order chi connectivity index (χ1) is 4.77. The fourth-order valence-electron chi connectivity index (χ4n) is 2.15. The van der Waals surface area contributed by atoms with E-state index in [1.54, 1.807) is 0 Å². The zero-order valence-corrected chi connectivity index (χ0v) is 6.45. The maximum Gasteiger partial charge on any atom is 0.0285 e. The highest BCUT2D eigenvalue weighted by atomic mass is 15.5. The standard InChI is InChI=1S/C7H15N3/c1-9-6-2-3-7(9)5-10(8)4-6/h6-7H,2-5,8H2,1H3/t6-,7+. The van der Waals surface area contributed by atoms with Crippen molar-refractivity contribution in [2.24, 2.45) is 5.84 Å². The van der Waals surface area contributed by atoms with Gasteiger partial charge in [-0.05, 0) is 19.9 Å². The molecule has 0 amide bonds. The Bertz CT molecular complexity index is 123. The zero-order valence-electron chi connectivity index (χ0n) is 6.45. The van der Waals surface area contributed by atoms with Crippen molar-refractivity contribution in [2.75, 3.05) is 20.1 Å². The Kier molecular flexibility index (Phi) is 1.44. The SMILES string of the molecule is CN1[C@@H]2CC[C@H]1CN(N)C2. The zero-order chi connectivity index (χ0) is 7.14. The topological polar surface area (TPSA) is 32.5 Å². The molecule has 3 nitrogen and oxygen atoms in total. The Morgan fingerprint density at radius 3 is 2.20 bits per heavy atom. The lowest BCUT2D eigenvalue weighted by Crippen LogP contribution is -2.54. The Labute approximate surface area is 61.7 Å². The minimum Gasteiger partial charge on any atom is -0.298 e. The van der Waals surface area contributed by atoms with E-state index in [1.165, 1.54) is 12.8 Å². The summed E-state index contributed by atoms with van der Waals surface area (Å²) in [6.07, 6.45) is 2.68. The van der Waals surface area contributed by atoms with Crippen molar-refractivity contribution in [3.8, 4) is 0 Å². The van der Waals surface area contributed by atoms with Gasteiger partial charge < -0.3 is 0 Å². The molecule has 2 N–H and O–H groups in total. The highest BCUT2D eigenvalue weighted by Gasteiger charge is 2.36. The van der Waals surface area contributed by atoms with Gasteiger partial charge in [-0.15, -0.1) is 0 Å². The molecule has 2 rings (SSSR count). The van der Waals surface area contributed by atoms with Crippen molar-refractivity contribution in [1.29, 1.82) is 0 Å². The molecule has 0 aromatic carbocycles. The third kappa shape index (κ3) is 0.856. The van der Waals surface area contributed by atoms with Gasteiger partial charge >= 0.3 is 0 Å². The second kappa shape index (κ2) is 2.19. The van der Waals surface area contributed by atoms with Crippen LogP contribution in [0.2, 0.25) is 0 Å². The molecule has 2 aliphatic rings. The van der Waals surface area contributed by atoms with E-state index in [0.717, 1.165) is 25.2 Å². The van der Waals surface area contributed by atoms with Crippen LogP contribution >= 0.6 is 0 Å². The molecule has 2 fully saturated rings. The summed E-state index contributed by atoms with van der Waals surface area (Å²) < 4.78 is 0. The monoisotopic (exact) mass is 141 g/mol. The Morgan fingerprint density at radius 1 is 1.20 bits per heavy atom. The smallest absolute Gasteiger partial charge is 0.0285 e. The highest BCUT2D eigenvalue weighted by Crippen LogP contribution is 2.26. The van der Waals surface area contributed by atoms with Crippen molar-refractivity contribution in [1.82, 2.24) is 9.91 Å². The number of piperazine rings is 1. The molecular weight excluding hydrogens is 126 g/mol. The van der Waals surface area contributed by atoms with Crippen LogP contribution in [0.15, 0.2) is 0 Å². The quantitative estimate of drug-likeness (QED) is 0.467. The maximum atomic E-state index is 5.72. The average Bonchev–Trinajstić information content (AvgIpc) is 2.20. The van der Waals surface area contributed by atoms with Crippen molar-refractivity contribution in [2.45, 2.75) is 24.9 Å². The summed E-state index contributed by atoms with van der Waals surface area (Å²) in [7, 11) is 2.22. The van der Waals surface area contributed by atoms with Crippen LogP contribution in [-0.2, 0) is 0 Å². The molecule has 2 atom stereocenters. The molecule has 0 unspecified atom stereocenters. The molecule has 0 radical (unpaired) electrons. The lowest BCUT2D eigenvalue weighted by atomic mass is 10.2. The Balaban J connectivity index is 2.09. The lowest BCUT2D eigenvalue weighted by Gasteiger charge is -2.36. The highest BCUT2D eigenvalue weighted by molar-refractivity contribution is 4.92. The van der Waals surface area contributed by atoms with Crippen LogP contribution in [0.5, 0.6) is 0 Å². The molecule has 0 spiro atoms. The second-order valence-corrected chi connectivity index (χ2v) is 3.50. The van der Waals surface area contributed by atoms with Crippen molar-refractivity contribution >= 4 is 0 Å². The van der Waals surface area contributed by atoms with Crippen molar-refractivity contribution in [3.63, 3.8) is 0 Å². The maximum absolute atomic E-state index is 5.72. The van der Waals surface area contributed by atoms with E-state index < -0.39 is 0 Å². The Hall–Kier alpha value is -0.120. The normalized spacial score (nSPS) is 42.6. The number of fused-ring (bicyclic) bond motifs is 2. The van der Waals surface area contributed by atoms with Gasteiger partial charge in [-0.3, -0.25) is 10.7 Å². The van der Waals surface area contributed by atoms with E-state index in [-0.39, 0.29) is 0 Å². The first kappa shape index (κ1) is 6.58. The molecule has 0 aromatic heterocycles. The van der Waals surface area contributed by atoms with Gasteiger partial charge in [0.1, 0.15) is 0 Å². The number of likely N-dealkylation sites (N-methyl/N-ethyl adjacent to an activating group) is 1. The van der Waals surface area contributed by atoms with E-state index >= 15 is 0 Å². The third-order valence-corrected chi connectivity index (χ3v) is 2.88. The number of nitrogens with zero attached hydrogens (tertiary/aromatic N) is 2. The van der Waals surface area contributed by atoms with Gasteiger partial charge in [0.25, 0.3) is 0 Å². The van der Waals surface area contributed by atoms with Crippen LogP contribution in [0.4, 0.5) is 0 Å². The van der Waals surface area contributed by atoms with E-state index in [4.69, 9.17) is 5.84 Å². The van der Waals surface area contributed by atoms with Crippen LogP contribution < -0.4 is 5.84 Å². The number of hydrazine groups is 1. The first-order valence-electron chi connectivity index (χ1n) is 3.99. The Morgan fingerprint density at radius 2 is 1.70 bits per heavy atom. The van der Waals surface area contributed by atoms with Crippen LogP contribution in [0.25, 0.3) is 0 Å². The van der Waals surface area contributed by atoms with Gasteiger partial charge in [-0.25, -0.2) is 5.01 Å². The number of hydrogen-bond acceptors (Lipinski definition) is 3. The van der Waals surface area contributed by atoms with Gasteiger partial charge in [0, 0.05) is 25.2 Å². The minimum absolute atomic E-state index is 0.740. The van der Waals surface area contributed by atoms with Gasteiger partial charge in [0.2, 0.25) is 0 Å². The summed E-state index contributed by atoms with van der Waals surface area (Å²) in [4.78, 5) is 2.48. The molecule has 2 bridgehead atoms. The predicted molar refractivity (Wildman–Crippen MR) is 40.3 cm³/mol. The summed E-state index contributed by atoms with van der Waals surface area (Å²) in [6, 6.07) is 1.48. The van der Waals surface area contributed by atoms with E-state index in [2.05, 4.69) is 11.9 Å². The molecule has 3 heteroatoms. The van der Waals surface area contributed by atoms with Gasteiger partial charge in [0.15, 0.2) is 0 Å². The number of nitrogens with two attached hydrogens (primary N) is 1. The molecule has 10 heavy (non-hydrogen) atoms. The second-order valence-electron chi connectivity index (χ2n) is 3.50. The van der Waals surface area contributed by atoms with E-state index in [9.17, 15) is 0 Å². The summed E-state index contributed by atoms with van der Waals surface area (Å²) in [6.45, 7) is 2.12. The number of hydrogen-bond donors (Lipinski definition) is 1. The fourth-order valence-corrected chi connectivity index (χ4v) is 2.15. The minimum atomic E-state index is 0.740. The molecule has 2 aliphatic heterocycles. The van der Waals surface area contributed by atoms with Crippen molar-refractivity contribution in [3.05, 3.63) is 0 Å². The van der Waals surface area contributed by atoms with Crippen LogP contribution in [-0.4, -0.2) is 42.1 Å². The van der Waals surface area contributed by atoms with Crippen LogP contribution in [0.1, 0.15) is 12.8 Å². The largest absolute Gasteiger partial charge is 0.298 e. The predicted octanol–water partition coefficient (Wildman–Crippen LogP) is -0.361. The summed E-state index contributed by atoms with van der Waals surface area (Å²) in [5.74, 6) is 5.72. The third-order valence-electron chi connectivity index (χ3n) is 2.88. The van der Waals surface area contributed by atoms with Crippen LogP contribution in [0, 0.1) is 0 Å². The van der Waals surface area contributed by atoms with Gasteiger partial charge in [-0.2, -0.15) is 0 Å². The first-order valence-corrected chi connectivity index (χ1v) is 3.99. The van der Waals surface area contributed by atoms with Crippen LogP contribution in [0.3, 0.4) is 0 Å². The van der Waals surface area contributed by atoms with Crippen molar-refractivity contribution < 1.29 is 0 Å². The van der Waals surface area contributed by atoms with Gasteiger partial charge in [-0.1, -0.05) is 0 Å².